The van der Waals surface area contributed by atoms with Crippen molar-refractivity contribution in [1.82, 2.24) is 24.5 Å². The third-order valence-electron chi connectivity index (χ3n) is 4.37. The zero-order chi connectivity index (χ0) is 17.2. The first-order valence-corrected chi connectivity index (χ1v) is 9.15. The average Bonchev–Trinajstić information content (AvgIpc) is 3.18. The summed E-state index contributed by atoms with van der Waals surface area (Å²) < 4.78 is 7.50. The number of hydrogen-bond donors (Lipinski definition) is 0. The summed E-state index contributed by atoms with van der Waals surface area (Å²) in [4.78, 5) is 23.8. The van der Waals surface area contributed by atoms with Crippen LogP contribution < -0.4 is 0 Å². The van der Waals surface area contributed by atoms with E-state index in [9.17, 15) is 4.79 Å². The van der Waals surface area contributed by atoms with Gasteiger partial charge in [0.2, 0.25) is 0 Å². The van der Waals surface area contributed by atoms with Crippen molar-refractivity contribution >= 4 is 22.9 Å². The molecule has 0 N–H and O–H groups in total. The van der Waals surface area contributed by atoms with Gasteiger partial charge in [-0.2, -0.15) is 5.10 Å². The number of imidazole rings is 1. The van der Waals surface area contributed by atoms with Crippen molar-refractivity contribution < 1.29 is 9.53 Å². The van der Waals surface area contributed by atoms with Gasteiger partial charge in [-0.15, -0.1) is 11.3 Å². The molecule has 25 heavy (non-hydrogen) atoms. The maximum atomic E-state index is 12.8. The Bertz CT molecular complexity index is 890. The lowest BCUT2D eigenvalue weighted by atomic mass is 10.0. The lowest BCUT2D eigenvalue weighted by molar-refractivity contribution is 0.0741. The highest BCUT2D eigenvalue weighted by atomic mass is 32.1. The molecule has 0 aliphatic carbocycles. The molecule has 0 bridgehead atoms. The molecule has 1 aliphatic rings. The largest absolute Gasteiger partial charge is 0.379 e. The van der Waals surface area contributed by atoms with E-state index in [1.807, 2.05) is 30.2 Å². The SMILES string of the molecule is Cc1ncsc1C(=O)N1CCOCC(Cc2ccc3nccn3n2)C1. The van der Waals surface area contributed by atoms with E-state index in [2.05, 4.69) is 15.1 Å². The first-order chi connectivity index (χ1) is 12.2. The Balaban J connectivity index is 1.49. The molecule has 8 heteroatoms. The minimum absolute atomic E-state index is 0.0496. The van der Waals surface area contributed by atoms with Gasteiger partial charge in [0.15, 0.2) is 5.65 Å². The summed E-state index contributed by atoms with van der Waals surface area (Å²) in [7, 11) is 0. The summed E-state index contributed by atoms with van der Waals surface area (Å²) in [6, 6.07) is 3.95. The van der Waals surface area contributed by atoms with Crippen molar-refractivity contribution in [3.05, 3.63) is 46.3 Å². The minimum Gasteiger partial charge on any atom is -0.379 e. The quantitative estimate of drug-likeness (QED) is 0.715. The first kappa shape index (κ1) is 16.2. The van der Waals surface area contributed by atoms with Crippen LogP contribution in [0.1, 0.15) is 21.1 Å². The topological polar surface area (TPSA) is 72.6 Å². The van der Waals surface area contributed by atoms with Gasteiger partial charge in [0.25, 0.3) is 5.91 Å². The number of nitrogens with zero attached hydrogens (tertiary/aromatic N) is 5. The summed E-state index contributed by atoms with van der Waals surface area (Å²) in [5.41, 5.74) is 4.32. The molecule has 0 radical (unpaired) electrons. The van der Waals surface area contributed by atoms with E-state index in [0.717, 1.165) is 28.3 Å². The van der Waals surface area contributed by atoms with E-state index in [1.54, 1.807) is 16.2 Å². The maximum absolute atomic E-state index is 12.8. The maximum Gasteiger partial charge on any atom is 0.265 e. The number of fused-ring (bicyclic) bond motifs is 1. The van der Waals surface area contributed by atoms with Crippen LogP contribution in [-0.4, -0.2) is 56.7 Å². The number of rotatable bonds is 3. The highest BCUT2D eigenvalue weighted by Gasteiger charge is 2.26. The fourth-order valence-corrected chi connectivity index (χ4v) is 3.87. The van der Waals surface area contributed by atoms with Crippen LogP contribution in [0.25, 0.3) is 5.65 Å². The second-order valence-corrected chi connectivity index (χ2v) is 7.07. The van der Waals surface area contributed by atoms with Crippen LogP contribution in [0.3, 0.4) is 0 Å². The van der Waals surface area contributed by atoms with Crippen molar-refractivity contribution in [2.45, 2.75) is 13.3 Å². The number of thiazole rings is 1. The van der Waals surface area contributed by atoms with Crippen LogP contribution in [0, 0.1) is 12.8 Å². The van der Waals surface area contributed by atoms with Gasteiger partial charge in [-0.1, -0.05) is 0 Å². The molecule has 3 aromatic heterocycles. The number of aryl methyl sites for hydroxylation is 1. The van der Waals surface area contributed by atoms with E-state index in [-0.39, 0.29) is 11.8 Å². The van der Waals surface area contributed by atoms with Crippen LogP contribution in [0.5, 0.6) is 0 Å². The van der Waals surface area contributed by atoms with Gasteiger partial charge in [-0.05, 0) is 25.5 Å². The highest BCUT2D eigenvalue weighted by molar-refractivity contribution is 7.11. The van der Waals surface area contributed by atoms with Gasteiger partial charge in [-0.3, -0.25) is 4.79 Å². The standard InChI is InChI=1S/C17H19N5O2S/c1-12-16(25-11-19-12)17(23)21-6-7-24-10-13(9-21)8-14-2-3-15-18-4-5-22(15)20-14/h2-5,11,13H,6-10H2,1H3. The normalized spacial score (nSPS) is 18.4. The molecular weight excluding hydrogens is 338 g/mol. The van der Waals surface area contributed by atoms with Gasteiger partial charge < -0.3 is 9.64 Å². The summed E-state index contributed by atoms with van der Waals surface area (Å²) in [5, 5.41) is 4.58. The van der Waals surface area contributed by atoms with Crippen molar-refractivity contribution in [2.75, 3.05) is 26.3 Å². The van der Waals surface area contributed by atoms with Crippen molar-refractivity contribution in [3.63, 3.8) is 0 Å². The molecule has 130 valence electrons. The smallest absolute Gasteiger partial charge is 0.265 e. The number of carbonyl (C=O) groups is 1. The first-order valence-electron chi connectivity index (χ1n) is 8.27. The zero-order valence-corrected chi connectivity index (χ0v) is 14.8. The van der Waals surface area contributed by atoms with Crippen molar-refractivity contribution in [1.29, 1.82) is 0 Å². The fourth-order valence-electron chi connectivity index (χ4n) is 3.10. The van der Waals surface area contributed by atoms with Crippen LogP contribution in [-0.2, 0) is 11.2 Å². The van der Waals surface area contributed by atoms with Crippen molar-refractivity contribution in [2.24, 2.45) is 5.92 Å². The molecule has 1 aliphatic heterocycles. The zero-order valence-electron chi connectivity index (χ0n) is 14.0. The lowest BCUT2D eigenvalue weighted by Gasteiger charge is -2.23. The molecule has 0 spiro atoms. The number of aromatic nitrogens is 4. The monoisotopic (exact) mass is 357 g/mol. The second kappa shape index (κ2) is 6.89. The Morgan fingerprint density at radius 3 is 3.16 bits per heavy atom. The van der Waals surface area contributed by atoms with E-state index in [0.29, 0.717) is 26.3 Å². The Morgan fingerprint density at radius 2 is 2.32 bits per heavy atom. The molecule has 7 nitrogen and oxygen atoms in total. The van der Waals surface area contributed by atoms with E-state index in [4.69, 9.17) is 4.74 Å². The third-order valence-corrected chi connectivity index (χ3v) is 5.29. The highest BCUT2D eigenvalue weighted by Crippen LogP contribution is 2.19. The number of hydrogen-bond acceptors (Lipinski definition) is 6. The van der Waals surface area contributed by atoms with Crippen LogP contribution >= 0.6 is 11.3 Å². The summed E-state index contributed by atoms with van der Waals surface area (Å²) in [6.45, 7) is 4.35. The summed E-state index contributed by atoms with van der Waals surface area (Å²) in [6.07, 6.45) is 4.34. The molecule has 3 aromatic rings. The lowest BCUT2D eigenvalue weighted by Crippen LogP contribution is -2.36. The predicted octanol–water partition coefficient (Wildman–Crippen LogP) is 1.83. The molecule has 4 rings (SSSR count). The Kier molecular flexibility index (Phi) is 4.46. The van der Waals surface area contributed by atoms with Crippen LogP contribution in [0.4, 0.5) is 0 Å². The molecule has 4 heterocycles. The summed E-state index contributed by atoms with van der Waals surface area (Å²) in [5.74, 6) is 0.265. The average molecular weight is 357 g/mol. The van der Waals surface area contributed by atoms with Gasteiger partial charge in [-0.25, -0.2) is 14.5 Å². The molecule has 1 atom stereocenters. The second-order valence-electron chi connectivity index (χ2n) is 6.22. The molecule has 0 aromatic carbocycles. The predicted molar refractivity (Wildman–Crippen MR) is 93.8 cm³/mol. The summed E-state index contributed by atoms with van der Waals surface area (Å²) >= 11 is 1.40. The van der Waals surface area contributed by atoms with Gasteiger partial charge >= 0.3 is 0 Å². The van der Waals surface area contributed by atoms with E-state index < -0.39 is 0 Å². The molecule has 1 amide bonds. The fraction of sp³-hybridized carbons (Fsp3) is 0.412. The molecule has 0 saturated carbocycles. The molecule has 1 saturated heterocycles. The van der Waals surface area contributed by atoms with Crippen LogP contribution in [0.2, 0.25) is 0 Å². The van der Waals surface area contributed by atoms with Gasteiger partial charge in [0.1, 0.15) is 4.88 Å². The minimum atomic E-state index is 0.0496. The van der Waals surface area contributed by atoms with Crippen LogP contribution in [0.15, 0.2) is 30.0 Å². The number of carbonyl (C=O) groups excluding carboxylic acids is 1. The number of amides is 1. The van der Waals surface area contributed by atoms with Crippen molar-refractivity contribution in [3.8, 4) is 0 Å². The Labute approximate surface area is 149 Å². The van der Waals surface area contributed by atoms with E-state index >= 15 is 0 Å². The Hall–Kier alpha value is -2.32. The Morgan fingerprint density at radius 1 is 1.40 bits per heavy atom. The molecule has 1 fully saturated rings. The molecule has 1 unspecified atom stereocenters. The third kappa shape index (κ3) is 3.40. The molecular formula is C17H19N5O2S. The van der Waals surface area contributed by atoms with Gasteiger partial charge in [0.05, 0.1) is 30.1 Å². The van der Waals surface area contributed by atoms with E-state index in [1.165, 1.54) is 11.3 Å². The number of ether oxygens (including phenoxy) is 1. The van der Waals surface area contributed by atoms with Gasteiger partial charge in [0, 0.05) is 31.4 Å².